The standard InChI is InChI=1S/C16H15ClFN3O4S/c17-12-2-1-3-13(10-12)19-6-8-20(9-7-19)26(24,25)14-4-5-15(18)16(11-14)21(22)23/h1-5,10-11H,6-9H2. The van der Waals surface area contributed by atoms with Gasteiger partial charge in [-0.1, -0.05) is 17.7 Å². The summed E-state index contributed by atoms with van der Waals surface area (Å²) >= 11 is 5.98. The van der Waals surface area contributed by atoms with E-state index in [0.717, 1.165) is 23.9 Å². The quantitative estimate of drug-likeness (QED) is 0.583. The number of hydrogen-bond donors (Lipinski definition) is 0. The van der Waals surface area contributed by atoms with Crippen molar-refractivity contribution in [2.45, 2.75) is 4.90 Å². The van der Waals surface area contributed by atoms with Gasteiger partial charge >= 0.3 is 5.69 Å². The maximum atomic E-state index is 13.5. The number of nitrogens with zero attached hydrogens (tertiary/aromatic N) is 3. The molecule has 1 aliphatic heterocycles. The number of halogens is 2. The zero-order valence-corrected chi connectivity index (χ0v) is 15.1. The summed E-state index contributed by atoms with van der Waals surface area (Å²) < 4.78 is 40.1. The Kier molecular flexibility index (Phi) is 5.12. The largest absolute Gasteiger partial charge is 0.369 e. The van der Waals surface area contributed by atoms with Crippen molar-refractivity contribution in [1.82, 2.24) is 4.31 Å². The molecule has 1 saturated heterocycles. The number of sulfonamides is 1. The number of benzene rings is 2. The first-order valence-electron chi connectivity index (χ1n) is 7.73. The van der Waals surface area contributed by atoms with Crippen molar-refractivity contribution in [3.63, 3.8) is 0 Å². The van der Waals surface area contributed by atoms with Crippen LogP contribution in [0.2, 0.25) is 5.02 Å². The van der Waals surface area contributed by atoms with Crippen LogP contribution in [-0.2, 0) is 10.0 Å². The van der Waals surface area contributed by atoms with E-state index in [4.69, 9.17) is 11.6 Å². The zero-order chi connectivity index (χ0) is 18.9. The summed E-state index contributed by atoms with van der Waals surface area (Å²) in [5.74, 6) is -1.07. The van der Waals surface area contributed by atoms with Crippen LogP contribution in [0.3, 0.4) is 0 Å². The fraction of sp³-hybridized carbons (Fsp3) is 0.250. The van der Waals surface area contributed by atoms with Gasteiger partial charge < -0.3 is 4.90 Å². The lowest BCUT2D eigenvalue weighted by Gasteiger charge is -2.35. The number of rotatable bonds is 4. The molecule has 26 heavy (non-hydrogen) atoms. The van der Waals surface area contributed by atoms with Crippen LogP contribution in [-0.4, -0.2) is 43.8 Å². The maximum Gasteiger partial charge on any atom is 0.306 e. The molecule has 2 aromatic rings. The molecule has 3 rings (SSSR count). The number of piperazine rings is 1. The molecule has 0 amide bonds. The highest BCUT2D eigenvalue weighted by atomic mass is 35.5. The van der Waals surface area contributed by atoms with Gasteiger partial charge in [0.1, 0.15) is 0 Å². The van der Waals surface area contributed by atoms with Crippen LogP contribution < -0.4 is 4.90 Å². The van der Waals surface area contributed by atoms with Gasteiger partial charge in [-0.05, 0) is 30.3 Å². The molecule has 1 fully saturated rings. The molecule has 2 aromatic carbocycles. The van der Waals surface area contributed by atoms with Crippen molar-refractivity contribution >= 4 is 33.0 Å². The van der Waals surface area contributed by atoms with Gasteiger partial charge in [0.25, 0.3) is 0 Å². The number of hydrogen-bond acceptors (Lipinski definition) is 5. The van der Waals surface area contributed by atoms with Gasteiger partial charge in [-0.3, -0.25) is 10.1 Å². The molecule has 0 atom stereocenters. The molecular weight excluding hydrogens is 385 g/mol. The highest BCUT2D eigenvalue weighted by Crippen LogP contribution is 2.26. The van der Waals surface area contributed by atoms with Crippen molar-refractivity contribution in [1.29, 1.82) is 0 Å². The molecule has 10 heteroatoms. The Morgan fingerprint density at radius 3 is 2.38 bits per heavy atom. The molecule has 0 bridgehead atoms. The highest BCUT2D eigenvalue weighted by molar-refractivity contribution is 7.89. The van der Waals surface area contributed by atoms with Crippen molar-refractivity contribution < 1.29 is 17.7 Å². The van der Waals surface area contributed by atoms with E-state index in [1.165, 1.54) is 4.31 Å². The van der Waals surface area contributed by atoms with Gasteiger partial charge in [0.15, 0.2) is 0 Å². The minimum absolute atomic E-state index is 0.208. The second kappa shape index (κ2) is 7.18. The van der Waals surface area contributed by atoms with Gasteiger partial charge in [-0.15, -0.1) is 0 Å². The van der Waals surface area contributed by atoms with Crippen molar-refractivity contribution in [2.75, 3.05) is 31.1 Å². The maximum absolute atomic E-state index is 13.5. The van der Waals surface area contributed by atoms with Crippen LogP contribution in [0.25, 0.3) is 0 Å². The lowest BCUT2D eigenvalue weighted by Crippen LogP contribution is -2.48. The summed E-state index contributed by atoms with van der Waals surface area (Å²) in [4.78, 5) is 11.6. The smallest absolute Gasteiger partial charge is 0.306 e. The van der Waals surface area contributed by atoms with Crippen LogP contribution in [0.4, 0.5) is 15.8 Å². The molecule has 0 saturated carbocycles. The highest BCUT2D eigenvalue weighted by Gasteiger charge is 2.30. The first-order valence-corrected chi connectivity index (χ1v) is 9.55. The molecular formula is C16H15ClFN3O4S. The third-order valence-corrected chi connectivity index (χ3v) is 6.29. The van der Waals surface area contributed by atoms with Crippen LogP contribution in [0, 0.1) is 15.9 Å². The Morgan fingerprint density at radius 1 is 1.08 bits per heavy atom. The molecule has 1 heterocycles. The summed E-state index contributed by atoms with van der Waals surface area (Å²) in [6.07, 6.45) is 0. The van der Waals surface area contributed by atoms with Crippen LogP contribution in [0.5, 0.6) is 0 Å². The molecule has 0 unspecified atom stereocenters. The predicted octanol–water partition coefficient (Wildman–Crippen LogP) is 2.90. The Hall–Kier alpha value is -2.23. The fourth-order valence-electron chi connectivity index (χ4n) is 2.80. The molecule has 138 valence electrons. The van der Waals surface area contributed by atoms with Gasteiger partial charge in [0.05, 0.1) is 9.82 Å². The lowest BCUT2D eigenvalue weighted by atomic mass is 10.2. The second-order valence-electron chi connectivity index (χ2n) is 5.74. The van der Waals surface area contributed by atoms with E-state index in [1.807, 2.05) is 17.0 Å². The van der Waals surface area contributed by atoms with Crippen LogP contribution in [0.1, 0.15) is 0 Å². The van der Waals surface area contributed by atoms with Crippen LogP contribution in [0.15, 0.2) is 47.4 Å². The lowest BCUT2D eigenvalue weighted by molar-refractivity contribution is -0.387. The number of nitro groups is 1. The topological polar surface area (TPSA) is 83.8 Å². The summed E-state index contributed by atoms with van der Waals surface area (Å²) in [5, 5.41) is 11.4. The molecule has 7 nitrogen and oxygen atoms in total. The van der Waals surface area contributed by atoms with E-state index in [0.29, 0.717) is 18.1 Å². The number of nitro benzene ring substituents is 1. The average molecular weight is 400 g/mol. The van der Waals surface area contributed by atoms with E-state index >= 15 is 0 Å². The van der Waals surface area contributed by atoms with E-state index in [-0.39, 0.29) is 18.0 Å². The van der Waals surface area contributed by atoms with E-state index < -0.39 is 26.5 Å². The predicted molar refractivity (Wildman–Crippen MR) is 95.5 cm³/mol. The van der Waals surface area contributed by atoms with E-state index in [9.17, 15) is 22.9 Å². The minimum atomic E-state index is -3.94. The SMILES string of the molecule is O=[N+]([O-])c1cc(S(=O)(=O)N2CCN(c3cccc(Cl)c3)CC2)ccc1F. The molecule has 1 aliphatic rings. The Bertz CT molecular complexity index is 946. The Labute approximate surface area is 154 Å². The summed E-state index contributed by atoms with van der Waals surface area (Å²) in [6.45, 7) is 1.31. The summed E-state index contributed by atoms with van der Waals surface area (Å²) in [5.41, 5.74) is 0.0376. The molecule has 0 spiro atoms. The molecule has 0 radical (unpaired) electrons. The van der Waals surface area contributed by atoms with Crippen molar-refractivity contribution in [3.8, 4) is 0 Å². The third kappa shape index (κ3) is 3.64. The first-order chi connectivity index (χ1) is 12.3. The summed E-state index contributed by atoms with van der Waals surface area (Å²) in [6, 6.07) is 9.86. The Morgan fingerprint density at radius 2 is 1.77 bits per heavy atom. The number of anilines is 1. The molecule has 0 aromatic heterocycles. The summed E-state index contributed by atoms with van der Waals surface area (Å²) in [7, 11) is -3.94. The van der Waals surface area contributed by atoms with Gasteiger partial charge in [0, 0.05) is 43.0 Å². The van der Waals surface area contributed by atoms with Gasteiger partial charge in [-0.2, -0.15) is 8.70 Å². The van der Waals surface area contributed by atoms with Crippen molar-refractivity contribution in [3.05, 3.63) is 63.4 Å². The van der Waals surface area contributed by atoms with E-state index in [1.54, 1.807) is 12.1 Å². The van der Waals surface area contributed by atoms with E-state index in [2.05, 4.69) is 0 Å². The van der Waals surface area contributed by atoms with Gasteiger partial charge in [-0.25, -0.2) is 8.42 Å². The van der Waals surface area contributed by atoms with Gasteiger partial charge in [0.2, 0.25) is 15.8 Å². The zero-order valence-electron chi connectivity index (χ0n) is 13.5. The fourth-order valence-corrected chi connectivity index (χ4v) is 4.43. The van der Waals surface area contributed by atoms with Crippen LogP contribution >= 0.6 is 11.6 Å². The monoisotopic (exact) mass is 399 g/mol. The minimum Gasteiger partial charge on any atom is -0.369 e. The second-order valence-corrected chi connectivity index (χ2v) is 8.12. The Balaban J connectivity index is 1.78. The molecule has 0 aliphatic carbocycles. The first kappa shape index (κ1) is 18.6. The molecule has 0 N–H and O–H groups in total. The average Bonchev–Trinajstić information content (AvgIpc) is 2.62. The third-order valence-electron chi connectivity index (χ3n) is 4.16. The van der Waals surface area contributed by atoms with Crippen molar-refractivity contribution in [2.24, 2.45) is 0 Å². The normalized spacial score (nSPS) is 15.8.